The molecule has 0 aliphatic carbocycles. The predicted octanol–water partition coefficient (Wildman–Crippen LogP) is 2.82. The first-order valence-corrected chi connectivity index (χ1v) is 7.24. The molecular formula is C13H18BrClN2O. The number of likely N-dealkylation sites (tertiary alicyclic amines) is 1. The molecule has 2 rings (SSSR count). The lowest BCUT2D eigenvalue weighted by Gasteiger charge is -2.27. The summed E-state index contributed by atoms with van der Waals surface area (Å²) in [5.74, 6) is 0. The van der Waals surface area contributed by atoms with Crippen LogP contribution in [0, 0.1) is 0 Å². The molecule has 2 atom stereocenters. The Morgan fingerprint density at radius 1 is 1.61 bits per heavy atom. The van der Waals surface area contributed by atoms with E-state index in [1.165, 1.54) is 5.56 Å². The predicted molar refractivity (Wildman–Crippen MR) is 77.9 cm³/mol. The van der Waals surface area contributed by atoms with Crippen molar-refractivity contribution < 1.29 is 4.74 Å². The summed E-state index contributed by atoms with van der Waals surface area (Å²) in [6, 6.07) is 6.26. The van der Waals surface area contributed by atoms with Crippen molar-refractivity contribution in [2.45, 2.75) is 18.6 Å². The Kier molecular flexibility index (Phi) is 5.04. The van der Waals surface area contributed by atoms with Crippen LogP contribution in [-0.4, -0.2) is 37.7 Å². The van der Waals surface area contributed by atoms with Crippen molar-refractivity contribution in [1.82, 2.24) is 4.90 Å². The van der Waals surface area contributed by atoms with E-state index >= 15 is 0 Å². The lowest BCUT2D eigenvalue weighted by molar-refractivity contribution is 0.101. The summed E-state index contributed by atoms with van der Waals surface area (Å²) in [5, 5.41) is 0.730. The SMILES string of the molecule is COC1CCN(C(CN)c2ccc(Br)c(Cl)c2)C1. The first-order valence-electron chi connectivity index (χ1n) is 6.07. The van der Waals surface area contributed by atoms with E-state index in [2.05, 4.69) is 26.9 Å². The van der Waals surface area contributed by atoms with E-state index < -0.39 is 0 Å². The Bertz CT molecular complexity index is 416. The minimum absolute atomic E-state index is 0.218. The van der Waals surface area contributed by atoms with Crippen molar-refractivity contribution in [3.63, 3.8) is 0 Å². The Hall–Kier alpha value is -0.130. The maximum absolute atomic E-state index is 6.15. The summed E-state index contributed by atoms with van der Waals surface area (Å²) < 4.78 is 6.32. The number of benzene rings is 1. The molecule has 1 saturated heterocycles. The average molecular weight is 334 g/mol. The van der Waals surface area contributed by atoms with Gasteiger partial charge in [0, 0.05) is 37.3 Å². The van der Waals surface area contributed by atoms with Crippen LogP contribution in [0.3, 0.4) is 0 Å². The van der Waals surface area contributed by atoms with Gasteiger partial charge in [-0.05, 0) is 40.0 Å². The summed E-state index contributed by atoms with van der Waals surface area (Å²) in [6.45, 7) is 2.55. The number of ether oxygens (including phenoxy) is 1. The average Bonchev–Trinajstić information content (AvgIpc) is 2.83. The van der Waals surface area contributed by atoms with Crippen LogP contribution in [-0.2, 0) is 4.74 Å². The second-order valence-corrected chi connectivity index (χ2v) is 5.83. The van der Waals surface area contributed by atoms with Gasteiger partial charge in [-0.2, -0.15) is 0 Å². The van der Waals surface area contributed by atoms with Crippen LogP contribution in [0.4, 0.5) is 0 Å². The fraction of sp³-hybridized carbons (Fsp3) is 0.538. The minimum Gasteiger partial charge on any atom is -0.380 e. The summed E-state index contributed by atoms with van der Waals surface area (Å²) in [5.41, 5.74) is 7.09. The Labute approximate surface area is 121 Å². The van der Waals surface area contributed by atoms with Gasteiger partial charge in [0.2, 0.25) is 0 Å². The van der Waals surface area contributed by atoms with E-state index in [-0.39, 0.29) is 6.04 Å². The van der Waals surface area contributed by atoms with E-state index in [1.54, 1.807) is 7.11 Å². The lowest BCUT2D eigenvalue weighted by atomic mass is 10.1. The molecule has 0 radical (unpaired) electrons. The Morgan fingerprint density at radius 2 is 2.39 bits per heavy atom. The third-order valence-corrected chi connectivity index (χ3v) is 4.73. The van der Waals surface area contributed by atoms with Gasteiger partial charge in [0.1, 0.15) is 0 Å². The topological polar surface area (TPSA) is 38.5 Å². The molecule has 2 N–H and O–H groups in total. The second kappa shape index (κ2) is 6.35. The zero-order valence-corrected chi connectivity index (χ0v) is 12.7. The van der Waals surface area contributed by atoms with Gasteiger partial charge in [0.15, 0.2) is 0 Å². The van der Waals surface area contributed by atoms with Gasteiger partial charge in [-0.1, -0.05) is 17.7 Å². The normalized spacial score (nSPS) is 22.3. The Balaban J connectivity index is 2.15. The van der Waals surface area contributed by atoms with Crippen LogP contribution in [0.1, 0.15) is 18.0 Å². The third-order valence-electron chi connectivity index (χ3n) is 3.50. The molecule has 0 bridgehead atoms. The molecule has 1 fully saturated rings. The van der Waals surface area contributed by atoms with E-state index in [0.29, 0.717) is 12.6 Å². The van der Waals surface area contributed by atoms with Gasteiger partial charge >= 0.3 is 0 Å². The molecule has 0 aromatic heterocycles. The summed E-state index contributed by atoms with van der Waals surface area (Å²) in [6.07, 6.45) is 1.39. The molecule has 1 heterocycles. The zero-order chi connectivity index (χ0) is 13.1. The van der Waals surface area contributed by atoms with Crippen molar-refractivity contribution >= 4 is 27.5 Å². The number of nitrogens with zero attached hydrogens (tertiary/aromatic N) is 1. The van der Waals surface area contributed by atoms with Gasteiger partial charge in [-0.25, -0.2) is 0 Å². The summed E-state index contributed by atoms with van der Waals surface area (Å²) >= 11 is 9.55. The molecule has 1 aliphatic rings. The monoisotopic (exact) mass is 332 g/mol. The molecule has 0 spiro atoms. The largest absolute Gasteiger partial charge is 0.380 e. The third kappa shape index (κ3) is 3.06. The minimum atomic E-state index is 0.218. The van der Waals surface area contributed by atoms with E-state index in [4.69, 9.17) is 22.1 Å². The molecule has 18 heavy (non-hydrogen) atoms. The molecule has 100 valence electrons. The van der Waals surface area contributed by atoms with Crippen LogP contribution in [0.15, 0.2) is 22.7 Å². The number of methoxy groups -OCH3 is 1. The molecule has 3 nitrogen and oxygen atoms in total. The van der Waals surface area contributed by atoms with E-state index in [1.807, 2.05) is 12.1 Å². The lowest BCUT2D eigenvalue weighted by Crippen LogP contribution is -2.33. The van der Waals surface area contributed by atoms with Crippen LogP contribution in [0.5, 0.6) is 0 Å². The van der Waals surface area contributed by atoms with E-state index in [9.17, 15) is 0 Å². The van der Waals surface area contributed by atoms with E-state index in [0.717, 1.165) is 29.0 Å². The smallest absolute Gasteiger partial charge is 0.0710 e. The van der Waals surface area contributed by atoms with Crippen LogP contribution >= 0.6 is 27.5 Å². The highest BCUT2D eigenvalue weighted by Gasteiger charge is 2.28. The number of nitrogens with two attached hydrogens (primary N) is 1. The van der Waals surface area contributed by atoms with Crippen molar-refractivity contribution in [2.24, 2.45) is 5.73 Å². The van der Waals surface area contributed by atoms with Gasteiger partial charge in [-0.15, -0.1) is 0 Å². The fourth-order valence-electron chi connectivity index (χ4n) is 2.45. The molecule has 1 aromatic carbocycles. The number of hydrogen-bond donors (Lipinski definition) is 1. The zero-order valence-electron chi connectivity index (χ0n) is 10.4. The highest BCUT2D eigenvalue weighted by atomic mass is 79.9. The number of halogens is 2. The Morgan fingerprint density at radius 3 is 2.94 bits per heavy atom. The van der Waals surface area contributed by atoms with Crippen LogP contribution in [0.2, 0.25) is 5.02 Å². The van der Waals surface area contributed by atoms with Crippen LogP contribution in [0.25, 0.3) is 0 Å². The fourth-order valence-corrected chi connectivity index (χ4v) is 2.88. The second-order valence-electron chi connectivity index (χ2n) is 4.57. The van der Waals surface area contributed by atoms with Gasteiger partial charge in [-0.3, -0.25) is 4.90 Å². The highest BCUT2D eigenvalue weighted by Crippen LogP contribution is 2.30. The van der Waals surface area contributed by atoms with Gasteiger partial charge < -0.3 is 10.5 Å². The van der Waals surface area contributed by atoms with Gasteiger partial charge in [0.05, 0.1) is 11.1 Å². The van der Waals surface area contributed by atoms with Crippen molar-refractivity contribution in [3.8, 4) is 0 Å². The van der Waals surface area contributed by atoms with Crippen LogP contribution < -0.4 is 5.73 Å². The van der Waals surface area contributed by atoms with Crippen molar-refractivity contribution in [3.05, 3.63) is 33.3 Å². The molecule has 5 heteroatoms. The standard InChI is InChI=1S/C13H18BrClN2O/c1-18-10-4-5-17(8-10)13(7-16)9-2-3-11(14)12(15)6-9/h2-3,6,10,13H,4-5,7-8,16H2,1H3. The number of rotatable bonds is 4. The molecule has 1 aliphatic heterocycles. The number of hydrogen-bond acceptors (Lipinski definition) is 3. The molecule has 1 aromatic rings. The van der Waals surface area contributed by atoms with Gasteiger partial charge in [0.25, 0.3) is 0 Å². The summed E-state index contributed by atoms with van der Waals surface area (Å²) in [7, 11) is 1.77. The molecular weight excluding hydrogens is 316 g/mol. The quantitative estimate of drug-likeness (QED) is 0.921. The van der Waals surface area contributed by atoms with Crippen molar-refractivity contribution in [1.29, 1.82) is 0 Å². The molecule has 0 amide bonds. The van der Waals surface area contributed by atoms with Crippen molar-refractivity contribution in [2.75, 3.05) is 26.7 Å². The molecule has 0 saturated carbocycles. The maximum atomic E-state index is 6.15. The first kappa shape index (κ1) is 14.3. The highest BCUT2D eigenvalue weighted by molar-refractivity contribution is 9.10. The molecule has 2 unspecified atom stereocenters. The first-order chi connectivity index (χ1) is 8.65. The maximum Gasteiger partial charge on any atom is 0.0710 e. The summed E-state index contributed by atoms with van der Waals surface area (Å²) in [4.78, 5) is 2.37.